The Bertz CT molecular complexity index is 359. The van der Waals surface area contributed by atoms with Crippen molar-refractivity contribution in [3.05, 3.63) is 34.4 Å². The highest BCUT2D eigenvalue weighted by Crippen LogP contribution is 2.37. The van der Waals surface area contributed by atoms with Crippen molar-refractivity contribution in [1.29, 1.82) is 0 Å². The third kappa shape index (κ3) is 1.58. The lowest BCUT2D eigenvalue weighted by Gasteiger charge is -2.14. The fraction of sp³-hybridized carbons (Fsp3) is 0.571. The van der Waals surface area contributed by atoms with Crippen LogP contribution in [0.25, 0.3) is 0 Å². The maximum Gasteiger partial charge on any atom is -0.0221 e. The Morgan fingerprint density at radius 2 is 1.71 bits per heavy atom. The Kier molecular flexibility index (Phi) is 2.17. The molecule has 1 aromatic carbocycles. The van der Waals surface area contributed by atoms with E-state index in [0.717, 1.165) is 0 Å². The summed E-state index contributed by atoms with van der Waals surface area (Å²) < 4.78 is 0. The van der Waals surface area contributed by atoms with E-state index in [9.17, 15) is 0 Å². The second kappa shape index (κ2) is 3.12. The van der Waals surface area contributed by atoms with E-state index in [2.05, 4.69) is 39.8 Å². The van der Waals surface area contributed by atoms with Gasteiger partial charge in [0.05, 0.1) is 0 Å². The van der Waals surface area contributed by atoms with Crippen LogP contribution in [-0.4, -0.2) is 0 Å². The first-order chi connectivity index (χ1) is 6.52. The smallest absolute Gasteiger partial charge is 0.0221 e. The summed E-state index contributed by atoms with van der Waals surface area (Å²) in [6, 6.07) is 4.84. The van der Waals surface area contributed by atoms with Crippen LogP contribution >= 0.6 is 0 Å². The van der Waals surface area contributed by atoms with Crippen molar-refractivity contribution in [3.63, 3.8) is 0 Å². The molecule has 0 saturated carbocycles. The molecular weight excluding hydrogens is 168 g/mol. The maximum atomic E-state index is 2.43. The molecule has 14 heavy (non-hydrogen) atoms. The van der Waals surface area contributed by atoms with Crippen LogP contribution in [0.4, 0.5) is 0 Å². The van der Waals surface area contributed by atoms with E-state index in [0.29, 0.717) is 5.41 Å². The van der Waals surface area contributed by atoms with Crippen molar-refractivity contribution in [2.24, 2.45) is 5.41 Å². The van der Waals surface area contributed by atoms with Crippen molar-refractivity contribution < 1.29 is 0 Å². The van der Waals surface area contributed by atoms with E-state index < -0.39 is 0 Å². The first-order valence-electron chi connectivity index (χ1n) is 5.63. The molecule has 76 valence electrons. The highest BCUT2D eigenvalue weighted by atomic mass is 14.3. The summed E-state index contributed by atoms with van der Waals surface area (Å²) in [5.74, 6) is 0. The highest BCUT2D eigenvalue weighted by Gasteiger charge is 2.28. The molecule has 1 aromatic rings. The van der Waals surface area contributed by atoms with E-state index in [1.54, 1.807) is 11.1 Å². The summed E-state index contributed by atoms with van der Waals surface area (Å²) in [6.45, 7) is 9.22. The van der Waals surface area contributed by atoms with Gasteiger partial charge in [-0.25, -0.2) is 0 Å². The van der Waals surface area contributed by atoms with Crippen LogP contribution in [-0.2, 0) is 19.3 Å². The van der Waals surface area contributed by atoms with E-state index in [-0.39, 0.29) is 0 Å². The summed E-state index contributed by atoms with van der Waals surface area (Å²) >= 11 is 0. The number of hydrogen-bond donors (Lipinski definition) is 0. The number of benzene rings is 1. The summed E-state index contributed by atoms with van der Waals surface area (Å²) in [5.41, 5.74) is 6.67. The molecule has 0 amide bonds. The average Bonchev–Trinajstić information content (AvgIpc) is 2.36. The molecule has 0 bridgehead atoms. The monoisotopic (exact) mass is 188 g/mol. The molecular formula is C14H20. The van der Waals surface area contributed by atoms with Gasteiger partial charge < -0.3 is 0 Å². The molecule has 0 radical (unpaired) electrons. The van der Waals surface area contributed by atoms with Crippen LogP contribution in [0.2, 0.25) is 0 Å². The summed E-state index contributed by atoms with van der Waals surface area (Å²) in [4.78, 5) is 0. The first kappa shape index (κ1) is 9.76. The predicted octanol–water partition coefficient (Wildman–Crippen LogP) is 3.68. The molecule has 1 aliphatic rings. The van der Waals surface area contributed by atoms with Gasteiger partial charge in [-0.05, 0) is 53.9 Å². The third-order valence-electron chi connectivity index (χ3n) is 3.38. The lowest BCUT2D eigenvalue weighted by Crippen LogP contribution is -2.09. The van der Waals surface area contributed by atoms with Gasteiger partial charge in [-0.15, -0.1) is 0 Å². The topological polar surface area (TPSA) is 0 Å². The Balaban J connectivity index is 2.44. The molecule has 0 heteroatoms. The first-order valence-corrected chi connectivity index (χ1v) is 5.63. The van der Waals surface area contributed by atoms with Gasteiger partial charge in [0.2, 0.25) is 0 Å². The van der Waals surface area contributed by atoms with Gasteiger partial charge >= 0.3 is 0 Å². The van der Waals surface area contributed by atoms with Crippen LogP contribution in [0.5, 0.6) is 0 Å². The van der Waals surface area contributed by atoms with Gasteiger partial charge in [0.1, 0.15) is 0 Å². The Morgan fingerprint density at radius 3 is 2.29 bits per heavy atom. The van der Waals surface area contributed by atoms with E-state index in [4.69, 9.17) is 0 Å². The van der Waals surface area contributed by atoms with Crippen LogP contribution in [0.15, 0.2) is 12.1 Å². The highest BCUT2D eigenvalue weighted by molar-refractivity contribution is 5.41. The SMILES string of the molecule is CCc1cc2c(cc1C)CC(C)(C)C2. The van der Waals surface area contributed by atoms with Crippen molar-refractivity contribution in [3.8, 4) is 0 Å². The molecule has 0 saturated heterocycles. The third-order valence-corrected chi connectivity index (χ3v) is 3.38. The van der Waals surface area contributed by atoms with Crippen molar-refractivity contribution in [2.75, 3.05) is 0 Å². The number of fused-ring (bicyclic) bond motifs is 1. The van der Waals surface area contributed by atoms with E-state index in [1.807, 2.05) is 0 Å². The van der Waals surface area contributed by atoms with Crippen LogP contribution < -0.4 is 0 Å². The maximum absolute atomic E-state index is 2.43. The molecule has 0 aromatic heterocycles. The Morgan fingerprint density at radius 1 is 1.14 bits per heavy atom. The average molecular weight is 188 g/mol. The normalized spacial score (nSPS) is 18.3. The van der Waals surface area contributed by atoms with Crippen LogP contribution in [0.1, 0.15) is 43.0 Å². The number of rotatable bonds is 1. The minimum Gasteiger partial charge on any atom is -0.0613 e. The lowest BCUT2D eigenvalue weighted by molar-refractivity contribution is 0.392. The lowest BCUT2D eigenvalue weighted by atomic mass is 9.90. The number of aryl methyl sites for hydroxylation is 2. The molecule has 2 rings (SSSR count). The quantitative estimate of drug-likeness (QED) is 0.630. The van der Waals surface area contributed by atoms with Gasteiger partial charge in [-0.2, -0.15) is 0 Å². The van der Waals surface area contributed by atoms with Crippen molar-refractivity contribution >= 4 is 0 Å². The predicted molar refractivity (Wildman–Crippen MR) is 61.7 cm³/mol. The fourth-order valence-corrected chi connectivity index (χ4v) is 2.67. The second-order valence-electron chi connectivity index (χ2n) is 5.42. The van der Waals surface area contributed by atoms with Crippen LogP contribution in [0, 0.1) is 12.3 Å². The van der Waals surface area contributed by atoms with Gasteiger partial charge in [0.25, 0.3) is 0 Å². The zero-order chi connectivity index (χ0) is 10.3. The largest absolute Gasteiger partial charge is 0.0613 e. The Labute approximate surface area is 87.3 Å². The zero-order valence-electron chi connectivity index (χ0n) is 9.78. The van der Waals surface area contributed by atoms with Gasteiger partial charge in [-0.3, -0.25) is 0 Å². The molecule has 0 unspecified atom stereocenters. The molecule has 0 fully saturated rings. The minimum atomic E-state index is 0.487. The summed E-state index contributed by atoms with van der Waals surface area (Å²) in [7, 11) is 0. The van der Waals surface area contributed by atoms with Gasteiger partial charge in [0, 0.05) is 0 Å². The van der Waals surface area contributed by atoms with Gasteiger partial charge in [0.15, 0.2) is 0 Å². The van der Waals surface area contributed by atoms with Gasteiger partial charge in [-0.1, -0.05) is 32.9 Å². The standard InChI is InChI=1S/C14H20/c1-5-11-7-13-9-14(3,4)8-12(13)6-10(11)2/h6-7H,5,8-9H2,1-4H3. The molecule has 0 heterocycles. The fourth-order valence-electron chi connectivity index (χ4n) is 2.67. The van der Waals surface area contributed by atoms with E-state index in [1.165, 1.54) is 30.4 Å². The van der Waals surface area contributed by atoms with Crippen molar-refractivity contribution in [1.82, 2.24) is 0 Å². The molecule has 1 aliphatic carbocycles. The van der Waals surface area contributed by atoms with Crippen LogP contribution in [0.3, 0.4) is 0 Å². The molecule has 0 N–H and O–H groups in total. The molecule has 0 nitrogen and oxygen atoms in total. The molecule has 0 atom stereocenters. The number of hydrogen-bond acceptors (Lipinski definition) is 0. The summed E-state index contributed by atoms with van der Waals surface area (Å²) in [6.07, 6.45) is 3.68. The van der Waals surface area contributed by atoms with E-state index >= 15 is 0 Å². The van der Waals surface area contributed by atoms with Crippen molar-refractivity contribution in [2.45, 2.75) is 47.0 Å². The minimum absolute atomic E-state index is 0.487. The second-order valence-corrected chi connectivity index (χ2v) is 5.42. The zero-order valence-corrected chi connectivity index (χ0v) is 9.78. The molecule has 0 spiro atoms. The summed E-state index contributed by atoms with van der Waals surface area (Å²) in [5, 5.41) is 0. The molecule has 0 aliphatic heterocycles. The Hall–Kier alpha value is -0.780.